The Labute approximate surface area is 161 Å². The zero-order valence-electron chi connectivity index (χ0n) is 15.0. The van der Waals surface area contributed by atoms with E-state index in [1.807, 2.05) is 0 Å². The Kier molecular flexibility index (Phi) is 5.49. The van der Waals surface area contributed by atoms with Crippen molar-refractivity contribution in [3.63, 3.8) is 0 Å². The van der Waals surface area contributed by atoms with Crippen molar-refractivity contribution in [2.45, 2.75) is 37.9 Å². The van der Waals surface area contributed by atoms with Crippen molar-refractivity contribution in [3.05, 3.63) is 16.8 Å². The number of likely N-dealkylation sites (tertiary alicyclic amines) is 1. The minimum absolute atomic E-state index is 0.141. The smallest absolute Gasteiger partial charge is 0.381 e. The minimum atomic E-state index is -4.53. The lowest BCUT2D eigenvalue weighted by molar-refractivity contribution is -0.137. The van der Waals surface area contributed by atoms with E-state index in [-0.39, 0.29) is 11.9 Å². The highest BCUT2D eigenvalue weighted by atomic mass is 35.5. The maximum atomic E-state index is 13.0. The van der Waals surface area contributed by atoms with Gasteiger partial charge in [-0.25, -0.2) is 0 Å². The van der Waals surface area contributed by atoms with Crippen LogP contribution in [0.1, 0.15) is 31.2 Å². The Morgan fingerprint density at radius 2 is 1.81 bits per heavy atom. The van der Waals surface area contributed by atoms with Crippen LogP contribution in [0.3, 0.4) is 0 Å². The first-order valence-corrected chi connectivity index (χ1v) is 9.93. The summed E-state index contributed by atoms with van der Waals surface area (Å²) in [6.07, 6.45) is -0.318. The molecule has 0 spiro atoms. The zero-order valence-corrected chi connectivity index (χ0v) is 15.8. The van der Waals surface area contributed by atoms with Crippen LogP contribution in [0.4, 0.5) is 19.0 Å². The van der Waals surface area contributed by atoms with Gasteiger partial charge in [-0.2, -0.15) is 13.2 Å². The Morgan fingerprint density at radius 3 is 2.44 bits per heavy atom. The number of anilines is 1. The second-order valence-corrected chi connectivity index (χ2v) is 8.40. The summed E-state index contributed by atoms with van der Waals surface area (Å²) < 4.78 is 44.3. The number of fused-ring (bicyclic) bond motifs is 1. The lowest BCUT2D eigenvalue weighted by atomic mass is 10.00. The fraction of sp³-hybridized carbons (Fsp3) is 0.778. The van der Waals surface area contributed by atoms with Crippen LogP contribution in [0.2, 0.25) is 5.15 Å². The molecule has 2 unspecified atom stereocenters. The van der Waals surface area contributed by atoms with Crippen LogP contribution in [0.5, 0.6) is 0 Å². The number of alkyl halides is 3. The SMILES string of the molecule is FC(F)(F)c1cc(NC2CC3CN(CC4CCOCC4)C[C@H]3C2)nnc1Cl. The van der Waals surface area contributed by atoms with Crippen molar-refractivity contribution >= 4 is 17.4 Å². The molecular formula is C18H24ClF3N4O. The molecule has 4 rings (SSSR count). The molecule has 3 aliphatic rings. The Balaban J connectivity index is 1.30. The van der Waals surface area contributed by atoms with Crippen LogP contribution < -0.4 is 5.32 Å². The molecule has 3 fully saturated rings. The third-order valence-electron chi connectivity index (χ3n) is 6.09. The minimum Gasteiger partial charge on any atom is -0.381 e. The number of ether oxygens (including phenoxy) is 1. The molecule has 9 heteroatoms. The van der Waals surface area contributed by atoms with Gasteiger partial charge in [0.15, 0.2) is 5.15 Å². The lowest BCUT2D eigenvalue weighted by Gasteiger charge is -2.27. The van der Waals surface area contributed by atoms with Gasteiger partial charge in [0.25, 0.3) is 0 Å². The van der Waals surface area contributed by atoms with E-state index >= 15 is 0 Å². The molecule has 150 valence electrons. The van der Waals surface area contributed by atoms with Gasteiger partial charge in [0.1, 0.15) is 5.82 Å². The van der Waals surface area contributed by atoms with Gasteiger partial charge >= 0.3 is 6.18 Å². The van der Waals surface area contributed by atoms with E-state index in [1.54, 1.807) is 0 Å². The third kappa shape index (κ3) is 4.49. The molecule has 5 nitrogen and oxygen atoms in total. The van der Waals surface area contributed by atoms with Crippen LogP contribution in [0.15, 0.2) is 6.07 Å². The standard InChI is InChI=1S/C18H24ClF3N4O/c19-17-15(18(20,21)22)7-16(24-25-17)23-14-5-12-9-26(10-13(12)6-14)8-11-1-3-27-4-2-11/h7,11-14H,1-6,8-10H2,(H,23,24)/t12-,13?,14?/m1/s1. The van der Waals surface area contributed by atoms with Gasteiger partial charge < -0.3 is 15.0 Å². The van der Waals surface area contributed by atoms with E-state index in [2.05, 4.69) is 20.4 Å². The van der Waals surface area contributed by atoms with E-state index in [0.29, 0.717) is 11.8 Å². The number of halogens is 4. The average Bonchev–Trinajstić information content (AvgIpc) is 3.14. The van der Waals surface area contributed by atoms with E-state index < -0.39 is 16.9 Å². The molecule has 2 saturated heterocycles. The zero-order chi connectivity index (χ0) is 19.0. The summed E-state index contributed by atoms with van der Waals surface area (Å²) in [6, 6.07) is 1.10. The molecule has 2 aliphatic heterocycles. The fourth-order valence-corrected chi connectivity index (χ4v) is 5.01. The number of rotatable bonds is 4. The molecule has 3 heterocycles. The van der Waals surface area contributed by atoms with Crippen molar-refractivity contribution in [2.75, 3.05) is 38.2 Å². The van der Waals surface area contributed by atoms with Gasteiger partial charge in [0.05, 0.1) is 5.56 Å². The highest BCUT2D eigenvalue weighted by Crippen LogP contribution is 2.40. The summed E-state index contributed by atoms with van der Waals surface area (Å²) >= 11 is 5.54. The molecule has 1 aromatic rings. The molecule has 0 bridgehead atoms. The normalized spacial score (nSPS) is 29.9. The van der Waals surface area contributed by atoms with Crippen LogP contribution in [0.25, 0.3) is 0 Å². The quantitative estimate of drug-likeness (QED) is 0.829. The predicted molar refractivity (Wildman–Crippen MR) is 95.7 cm³/mol. The van der Waals surface area contributed by atoms with Crippen molar-refractivity contribution in [3.8, 4) is 0 Å². The van der Waals surface area contributed by atoms with Gasteiger partial charge in [-0.3, -0.25) is 0 Å². The number of nitrogens with zero attached hydrogens (tertiary/aromatic N) is 3. The average molecular weight is 405 g/mol. The second-order valence-electron chi connectivity index (χ2n) is 8.04. The van der Waals surface area contributed by atoms with E-state index in [0.717, 1.165) is 70.5 Å². The second kappa shape index (κ2) is 7.72. The number of hydrogen-bond acceptors (Lipinski definition) is 5. The molecule has 0 radical (unpaired) electrons. The van der Waals surface area contributed by atoms with Crippen LogP contribution >= 0.6 is 11.6 Å². The van der Waals surface area contributed by atoms with E-state index in [9.17, 15) is 13.2 Å². The Bertz CT molecular complexity index is 654. The molecule has 1 aromatic heterocycles. The lowest BCUT2D eigenvalue weighted by Crippen LogP contribution is -2.32. The first-order valence-electron chi connectivity index (χ1n) is 9.55. The highest BCUT2D eigenvalue weighted by molar-refractivity contribution is 6.30. The van der Waals surface area contributed by atoms with Crippen LogP contribution in [0, 0.1) is 17.8 Å². The largest absolute Gasteiger partial charge is 0.419 e. The maximum absolute atomic E-state index is 13.0. The molecule has 1 N–H and O–H groups in total. The molecule has 27 heavy (non-hydrogen) atoms. The maximum Gasteiger partial charge on any atom is 0.419 e. The van der Waals surface area contributed by atoms with Gasteiger partial charge in [0.2, 0.25) is 0 Å². The van der Waals surface area contributed by atoms with Crippen molar-refractivity contribution in [2.24, 2.45) is 17.8 Å². The van der Waals surface area contributed by atoms with Crippen LogP contribution in [-0.2, 0) is 10.9 Å². The molecular weight excluding hydrogens is 381 g/mol. The monoisotopic (exact) mass is 404 g/mol. The van der Waals surface area contributed by atoms with Gasteiger partial charge in [-0.1, -0.05) is 11.6 Å². The summed E-state index contributed by atoms with van der Waals surface area (Å²) in [4.78, 5) is 2.56. The summed E-state index contributed by atoms with van der Waals surface area (Å²) in [5.74, 6) is 2.08. The Hall–Kier alpha value is -1.12. The highest BCUT2D eigenvalue weighted by Gasteiger charge is 2.41. The van der Waals surface area contributed by atoms with Crippen LogP contribution in [-0.4, -0.2) is 54.0 Å². The first-order chi connectivity index (χ1) is 12.9. The van der Waals surface area contributed by atoms with Gasteiger partial charge in [-0.15, -0.1) is 10.2 Å². The molecule has 1 saturated carbocycles. The van der Waals surface area contributed by atoms with Crippen molar-refractivity contribution < 1.29 is 17.9 Å². The fourth-order valence-electron chi connectivity index (χ4n) is 4.81. The van der Waals surface area contributed by atoms with Crippen molar-refractivity contribution in [1.29, 1.82) is 0 Å². The molecule has 1 aliphatic carbocycles. The predicted octanol–water partition coefficient (Wildman–Crippen LogP) is 3.70. The van der Waals surface area contributed by atoms with Gasteiger partial charge in [0, 0.05) is 38.9 Å². The molecule has 3 atom stereocenters. The topological polar surface area (TPSA) is 50.3 Å². The molecule has 0 amide bonds. The summed E-state index contributed by atoms with van der Waals surface area (Å²) in [5, 5.41) is 9.77. The van der Waals surface area contributed by atoms with Gasteiger partial charge in [-0.05, 0) is 49.5 Å². The molecule has 0 aromatic carbocycles. The summed E-state index contributed by atoms with van der Waals surface area (Å²) in [7, 11) is 0. The van der Waals surface area contributed by atoms with E-state index in [4.69, 9.17) is 16.3 Å². The summed E-state index contributed by atoms with van der Waals surface area (Å²) in [5.41, 5.74) is -0.942. The number of hydrogen-bond donors (Lipinski definition) is 1. The summed E-state index contributed by atoms with van der Waals surface area (Å²) in [6.45, 7) is 5.06. The van der Waals surface area contributed by atoms with Crippen molar-refractivity contribution in [1.82, 2.24) is 15.1 Å². The number of nitrogens with one attached hydrogen (secondary N) is 1. The number of aromatic nitrogens is 2. The third-order valence-corrected chi connectivity index (χ3v) is 6.37. The Morgan fingerprint density at radius 1 is 1.15 bits per heavy atom. The first kappa shape index (κ1) is 19.2. The van der Waals surface area contributed by atoms with E-state index in [1.165, 1.54) is 0 Å².